The molecule has 0 aliphatic heterocycles. The summed E-state index contributed by atoms with van der Waals surface area (Å²) in [6.07, 6.45) is 20.3. The van der Waals surface area contributed by atoms with Gasteiger partial charge in [0.25, 0.3) is 0 Å². The van der Waals surface area contributed by atoms with Crippen molar-refractivity contribution < 1.29 is 19.1 Å². The molecule has 32 heavy (non-hydrogen) atoms. The summed E-state index contributed by atoms with van der Waals surface area (Å²) in [5, 5.41) is 0. The average Bonchev–Trinajstić information content (AvgIpc) is 3.25. The summed E-state index contributed by atoms with van der Waals surface area (Å²) < 4.78 is 11.9. The first-order valence-electron chi connectivity index (χ1n) is 12.5. The summed E-state index contributed by atoms with van der Waals surface area (Å²) in [5.74, 6) is 7.45. The predicted octanol–water partition coefficient (Wildman–Crippen LogP) is 5.29. The largest absolute Gasteiger partial charge is 0.446 e. The van der Waals surface area contributed by atoms with E-state index < -0.39 is 11.2 Å². The van der Waals surface area contributed by atoms with E-state index in [1.807, 2.05) is 13.8 Å². The molecule has 4 nitrogen and oxygen atoms in total. The van der Waals surface area contributed by atoms with Crippen LogP contribution in [0.4, 0.5) is 0 Å². The van der Waals surface area contributed by atoms with E-state index in [0.717, 1.165) is 51.4 Å². The van der Waals surface area contributed by atoms with Crippen molar-refractivity contribution in [3.63, 3.8) is 0 Å². The van der Waals surface area contributed by atoms with Crippen LogP contribution in [0.3, 0.4) is 0 Å². The first kappa shape index (κ1) is 23.2. The van der Waals surface area contributed by atoms with E-state index in [1.54, 1.807) is 0 Å². The molecule has 4 heteroatoms. The summed E-state index contributed by atoms with van der Waals surface area (Å²) in [4.78, 5) is 24.4. The van der Waals surface area contributed by atoms with Crippen molar-refractivity contribution in [1.82, 2.24) is 0 Å². The van der Waals surface area contributed by atoms with Gasteiger partial charge in [0.15, 0.2) is 11.2 Å². The Hall–Kier alpha value is -1.94. The molecule has 4 saturated carbocycles. The lowest BCUT2D eigenvalue weighted by molar-refractivity contribution is -0.174. The van der Waals surface area contributed by atoms with E-state index in [-0.39, 0.29) is 22.8 Å². The normalized spacial score (nSPS) is 46.7. The SMILES string of the molecule is C#CC1(OC(=O)CC)CCC2C3CC[C@H]4C[C@@](C#C)(OC(=O)CC)C[C@]4(C)C3CC[C@@]21C. The highest BCUT2D eigenvalue weighted by molar-refractivity contribution is 5.70. The van der Waals surface area contributed by atoms with Crippen molar-refractivity contribution in [2.75, 3.05) is 0 Å². The van der Waals surface area contributed by atoms with Crippen molar-refractivity contribution in [3.05, 3.63) is 0 Å². The molecular weight excluding hydrogens is 400 g/mol. The fraction of sp³-hybridized carbons (Fsp3) is 0.786. The fourth-order valence-electron chi connectivity index (χ4n) is 8.44. The van der Waals surface area contributed by atoms with Crippen LogP contribution in [0.15, 0.2) is 0 Å². The highest BCUT2D eigenvalue weighted by Gasteiger charge is 2.68. The molecule has 0 saturated heterocycles. The third-order valence-corrected chi connectivity index (χ3v) is 10.1. The molecular formula is C28H38O4. The summed E-state index contributed by atoms with van der Waals surface area (Å²) in [7, 11) is 0. The van der Waals surface area contributed by atoms with Gasteiger partial charge in [-0.2, -0.15) is 0 Å². The lowest BCUT2D eigenvalue weighted by Gasteiger charge is -2.58. The Morgan fingerprint density at radius 2 is 1.56 bits per heavy atom. The molecule has 0 aromatic rings. The number of ether oxygens (including phenoxy) is 2. The van der Waals surface area contributed by atoms with E-state index in [1.165, 1.54) is 0 Å². The monoisotopic (exact) mass is 438 g/mol. The average molecular weight is 439 g/mol. The molecule has 4 rings (SSSR count). The Labute approximate surface area is 193 Å². The van der Waals surface area contributed by atoms with E-state index in [9.17, 15) is 9.59 Å². The molecule has 0 amide bonds. The van der Waals surface area contributed by atoms with Gasteiger partial charge in [-0.25, -0.2) is 0 Å². The van der Waals surface area contributed by atoms with Crippen LogP contribution in [0, 0.1) is 59.2 Å². The summed E-state index contributed by atoms with van der Waals surface area (Å²) >= 11 is 0. The Balaban J connectivity index is 1.62. The Morgan fingerprint density at radius 1 is 0.906 bits per heavy atom. The first-order valence-corrected chi connectivity index (χ1v) is 12.5. The van der Waals surface area contributed by atoms with E-state index in [0.29, 0.717) is 36.5 Å². The van der Waals surface area contributed by atoms with Crippen LogP contribution in [0.5, 0.6) is 0 Å². The standard InChI is InChI=1S/C28H38O4/c1-7-23(29)31-27(9-3)17-19-11-12-20-21(25(19,5)18-27)13-15-26(6)22(20)14-16-28(26,10-4)32-24(30)8-2/h3-4,19-22H,7-8,11-18H2,1-2,5-6H3/t19-,20?,21?,22?,25-,26-,27+,28?/m0/s1. The lowest BCUT2D eigenvalue weighted by Crippen LogP contribution is -2.55. The van der Waals surface area contributed by atoms with Crippen LogP contribution in [0.25, 0.3) is 0 Å². The number of hydrogen-bond acceptors (Lipinski definition) is 4. The zero-order chi connectivity index (χ0) is 23.4. The second-order valence-corrected chi connectivity index (χ2v) is 11.3. The first-order chi connectivity index (χ1) is 15.1. The molecule has 0 aromatic carbocycles. The van der Waals surface area contributed by atoms with Gasteiger partial charge in [0, 0.05) is 31.1 Å². The van der Waals surface area contributed by atoms with Crippen LogP contribution in [-0.4, -0.2) is 23.1 Å². The molecule has 0 aromatic heterocycles. The molecule has 0 spiro atoms. The molecule has 4 aliphatic carbocycles. The van der Waals surface area contributed by atoms with Gasteiger partial charge in [-0.05, 0) is 67.6 Å². The highest BCUT2D eigenvalue weighted by atomic mass is 16.6. The van der Waals surface area contributed by atoms with Crippen LogP contribution < -0.4 is 0 Å². The maximum Gasteiger partial charge on any atom is 0.307 e. The molecule has 0 radical (unpaired) electrons. The van der Waals surface area contributed by atoms with Gasteiger partial charge < -0.3 is 9.47 Å². The number of carbonyl (C=O) groups excluding carboxylic acids is 2. The molecule has 4 aliphatic rings. The minimum Gasteiger partial charge on any atom is -0.446 e. The van der Waals surface area contributed by atoms with Crippen molar-refractivity contribution in [2.24, 2.45) is 34.5 Å². The number of hydrogen-bond donors (Lipinski definition) is 0. The maximum absolute atomic E-state index is 12.3. The number of terminal acetylenes is 2. The van der Waals surface area contributed by atoms with E-state index in [4.69, 9.17) is 22.3 Å². The Morgan fingerprint density at radius 3 is 2.19 bits per heavy atom. The number of carbonyl (C=O) groups is 2. The molecule has 0 heterocycles. The van der Waals surface area contributed by atoms with Crippen molar-refractivity contribution in [3.8, 4) is 24.7 Å². The third kappa shape index (κ3) is 3.13. The second-order valence-electron chi connectivity index (χ2n) is 11.3. The Bertz CT molecular complexity index is 879. The predicted molar refractivity (Wildman–Crippen MR) is 123 cm³/mol. The second kappa shape index (κ2) is 7.83. The van der Waals surface area contributed by atoms with Crippen LogP contribution in [0.2, 0.25) is 0 Å². The molecule has 0 N–H and O–H groups in total. The van der Waals surface area contributed by atoms with Crippen molar-refractivity contribution in [2.45, 2.75) is 103 Å². The zero-order valence-electron chi connectivity index (χ0n) is 20.2. The van der Waals surface area contributed by atoms with Gasteiger partial charge in [0.05, 0.1) is 0 Å². The third-order valence-electron chi connectivity index (χ3n) is 10.1. The van der Waals surface area contributed by atoms with E-state index >= 15 is 0 Å². The van der Waals surface area contributed by atoms with Gasteiger partial charge in [0.2, 0.25) is 0 Å². The van der Waals surface area contributed by atoms with Crippen LogP contribution in [0.1, 0.15) is 91.9 Å². The van der Waals surface area contributed by atoms with Gasteiger partial charge in [-0.15, -0.1) is 12.8 Å². The van der Waals surface area contributed by atoms with Gasteiger partial charge in [-0.3, -0.25) is 9.59 Å². The molecule has 8 atom stereocenters. The molecule has 0 bridgehead atoms. The van der Waals surface area contributed by atoms with Gasteiger partial charge in [0.1, 0.15) is 0 Å². The summed E-state index contributed by atoms with van der Waals surface area (Å²) in [5.41, 5.74) is -1.68. The minimum absolute atomic E-state index is 0.0616. The molecule has 4 unspecified atom stereocenters. The van der Waals surface area contributed by atoms with Gasteiger partial charge >= 0.3 is 11.9 Å². The van der Waals surface area contributed by atoms with Crippen LogP contribution in [-0.2, 0) is 19.1 Å². The topological polar surface area (TPSA) is 52.6 Å². The minimum atomic E-state index is -0.789. The zero-order valence-corrected chi connectivity index (χ0v) is 20.2. The molecule has 174 valence electrons. The fourth-order valence-corrected chi connectivity index (χ4v) is 8.44. The summed E-state index contributed by atoms with van der Waals surface area (Å²) in [6.45, 7) is 8.29. The quantitative estimate of drug-likeness (QED) is 0.442. The number of fused-ring (bicyclic) bond motifs is 5. The Kier molecular flexibility index (Phi) is 5.68. The maximum atomic E-state index is 12.3. The van der Waals surface area contributed by atoms with Gasteiger partial charge in [-0.1, -0.05) is 39.5 Å². The van der Waals surface area contributed by atoms with Crippen LogP contribution >= 0.6 is 0 Å². The summed E-state index contributed by atoms with van der Waals surface area (Å²) in [6, 6.07) is 0. The number of esters is 2. The number of rotatable bonds is 4. The lowest BCUT2D eigenvalue weighted by atomic mass is 9.47. The van der Waals surface area contributed by atoms with Crippen molar-refractivity contribution in [1.29, 1.82) is 0 Å². The highest BCUT2D eigenvalue weighted by Crippen LogP contribution is 2.70. The van der Waals surface area contributed by atoms with E-state index in [2.05, 4.69) is 25.7 Å². The van der Waals surface area contributed by atoms with Crippen molar-refractivity contribution >= 4 is 11.9 Å². The molecule has 4 fully saturated rings. The smallest absolute Gasteiger partial charge is 0.307 e.